The molecular weight excluding hydrogens is 495 g/mol. The van der Waals surface area contributed by atoms with E-state index in [4.69, 9.17) is 28.6 Å². The fourth-order valence-electron chi connectivity index (χ4n) is 2.58. The number of aromatic nitrogens is 2. The zero-order valence-corrected chi connectivity index (χ0v) is 18.9. The van der Waals surface area contributed by atoms with E-state index in [0.29, 0.717) is 43.8 Å². The van der Waals surface area contributed by atoms with E-state index >= 15 is 0 Å². The van der Waals surface area contributed by atoms with Crippen molar-refractivity contribution in [3.8, 4) is 0 Å². The maximum atomic E-state index is 14.0. The largest absolute Gasteiger partial charge is 0.462 e. The number of esters is 1. The van der Waals surface area contributed by atoms with Crippen LogP contribution in [0.5, 0.6) is 0 Å². The summed E-state index contributed by atoms with van der Waals surface area (Å²) in [5, 5.41) is 11.0. The van der Waals surface area contributed by atoms with Crippen molar-refractivity contribution in [3.05, 3.63) is 75.1 Å². The summed E-state index contributed by atoms with van der Waals surface area (Å²) in [6, 6.07) is 11.3. The molecule has 0 aliphatic rings. The average Bonchev–Trinajstić information content (AvgIpc) is 3.04. The van der Waals surface area contributed by atoms with Crippen LogP contribution in [0, 0.1) is 5.82 Å². The second-order valence-electron chi connectivity index (χ2n) is 6.10. The topological polar surface area (TPSA) is 68.2 Å². The Kier molecular flexibility index (Phi) is 7.41. The van der Waals surface area contributed by atoms with Gasteiger partial charge in [0.2, 0.25) is 0 Å². The fraction of sp³-hybridized carbons (Fsp3) is 0.150. The van der Waals surface area contributed by atoms with Gasteiger partial charge in [-0.1, -0.05) is 17.7 Å². The van der Waals surface area contributed by atoms with Crippen LogP contribution in [0.3, 0.4) is 0 Å². The van der Waals surface area contributed by atoms with Crippen LogP contribution in [-0.2, 0) is 11.3 Å². The Morgan fingerprint density at radius 1 is 1.27 bits per heavy atom. The molecule has 0 unspecified atom stereocenters. The highest BCUT2D eigenvalue weighted by Gasteiger charge is 2.13. The molecule has 2 N–H and O–H groups in total. The normalized spacial score (nSPS) is 10.5. The third kappa shape index (κ3) is 5.56. The van der Waals surface area contributed by atoms with Crippen LogP contribution < -0.4 is 10.6 Å². The average molecular weight is 512 g/mol. The van der Waals surface area contributed by atoms with Gasteiger partial charge in [0.25, 0.3) is 0 Å². The molecule has 0 fully saturated rings. The number of carbonyl (C=O) groups is 1. The van der Waals surface area contributed by atoms with E-state index in [9.17, 15) is 9.18 Å². The third-order valence-corrected chi connectivity index (χ3v) is 5.12. The first-order valence-corrected chi connectivity index (χ1v) is 10.5. The standard InChI is InChI=1S/C20H17BrClFN4O2S/c1-2-29-19(28)12-6-8-13(9-7-12)24-20(30)25-18-15(21)11-27(26-18)10-14-16(22)4-3-5-17(14)23/h3-9,11H,2,10H2,1H3,(H2,24,25,26,30). The minimum atomic E-state index is -0.396. The molecule has 0 atom stereocenters. The number of benzene rings is 2. The molecular formula is C20H17BrClFN4O2S. The van der Waals surface area contributed by atoms with Crippen molar-refractivity contribution in [2.24, 2.45) is 0 Å². The highest BCUT2D eigenvalue weighted by atomic mass is 79.9. The summed E-state index contributed by atoms with van der Waals surface area (Å²) in [5.41, 5.74) is 1.49. The molecule has 0 aliphatic carbocycles. The minimum Gasteiger partial charge on any atom is -0.462 e. The number of thiocarbonyl (C=S) groups is 1. The fourth-order valence-corrected chi connectivity index (χ4v) is 3.43. The van der Waals surface area contributed by atoms with Crippen LogP contribution in [0.15, 0.2) is 53.1 Å². The van der Waals surface area contributed by atoms with Gasteiger partial charge in [-0.15, -0.1) is 0 Å². The van der Waals surface area contributed by atoms with E-state index in [-0.39, 0.29) is 12.5 Å². The molecule has 0 radical (unpaired) electrons. The number of nitrogens with zero attached hydrogens (tertiary/aromatic N) is 2. The number of carbonyl (C=O) groups excluding carboxylic acids is 1. The van der Waals surface area contributed by atoms with Gasteiger partial charge < -0.3 is 15.4 Å². The molecule has 3 aromatic rings. The van der Waals surface area contributed by atoms with Crippen molar-refractivity contribution in [1.29, 1.82) is 0 Å². The lowest BCUT2D eigenvalue weighted by Crippen LogP contribution is -2.20. The van der Waals surface area contributed by atoms with E-state index < -0.39 is 5.82 Å². The molecule has 156 valence electrons. The minimum absolute atomic E-state index is 0.168. The molecule has 3 rings (SSSR count). The molecule has 0 spiro atoms. The molecule has 10 heteroatoms. The van der Waals surface area contributed by atoms with Crippen molar-refractivity contribution in [2.75, 3.05) is 17.2 Å². The zero-order chi connectivity index (χ0) is 21.7. The SMILES string of the molecule is CCOC(=O)c1ccc(NC(=S)Nc2nn(Cc3c(F)cccc3Cl)cc2Br)cc1. The molecule has 0 saturated carbocycles. The maximum Gasteiger partial charge on any atom is 0.338 e. The van der Waals surface area contributed by atoms with Gasteiger partial charge in [0.15, 0.2) is 10.9 Å². The Hall–Kier alpha value is -2.49. The van der Waals surface area contributed by atoms with Crippen LogP contribution in [0.2, 0.25) is 5.02 Å². The maximum absolute atomic E-state index is 14.0. The van der Waals surface area contributed by atoms with Gasteiger partial charge in [-0.05, 0) is 71.5 Å². The number of nitrogens with one attached hydrogen (secondary N) is 2. The Morgan fingerprint density at radius 2 is 2.00 bits per heavy atom. The van der Waals surface area contributed by atoms with E-state index in [1.807, 2.05) is 0 Å². The summed E-state index contributed by atoms with van der Waals surface area (Å²) in [4.78, 5) is 11.7. The zero-order valence-electron chi connectivity index (χ0n) is 15.8. The lowest BCUT2D eigenvalue weighted by molar-refractivity contribution is 0.0526. The molecule has 30 heavy (non-hydrogen) atoms. The Bertz CT molecular complexity index is 1050. The summed E-state index contributed by atoms with van der Waals surface area (Å²) >= 11 is 14.8. The summed E-state index contributed by atoms with van der Waals surface area (Å²) < 4.78 is 21.2. The first-order chi connectivity index (χ1) is 14.4. The summed E-state index contributed by atoms with van der Waals surface area (Å²) in [6.45, 7) is 2.24. The second-order valence-corrected chi connectivity index (χ2v) is 7.77. The first kappa shape index (κ1) is 22.2. The second kappa shape index (κ2) is 10.0. The first-order valence-electron chi connectivity index (χ1n) is 8.88. The molecule has 0 bridgehead atoms. The Morgan fingerprint density at radius 3 is 2.67 bits per heavy atom. The summed E-state index contributed by atoms with van der Waals surface area (Å²) in [6.07, 6.45) is 1.70. The van der Waals surface area contributed by atoms with E-state index in [2.05, 4.69) is 31.7 Å². The number of hydrogen-bond acceptors (Lipinski definition) is 4. The van der Waals surface area contributed by atoms with Crippen molar-refractivity contribution < 1.29 is 13.9 Å². The third-order valence-electron chi connectivity index (χ3n) is 3.98. The van der Waals surface area contributed by atoms with Crippen LogP contribution in [-0.4, -0.2) is 27.5 Å². The molecule has 6 nitrogen and oxygen atoms in total. The van der Waals surface area contributed by atoms with Crippen molar-refractivity contribution >= 4 is 62.3 Å². The van der Waals surface area contributed by atoms with Gasteiger partial charge in [-0.25, -0.2) is 9.18 Å². The molecule has 2 aromatic carbocycles. The Balaban J connectivity index is 1.64. The van der Waals surface area contributed by atoms with E-state index in [0.717, 1.165) is 0 Å². The van der Waals surface area contributed by atoms with Crippen molar-refractivity contribution in [2.45, 2.75) is 13.5 Å². The van der Waals surface area contributed by atoms with E-state index in [1.165, 1.54) is 6.07 Å². The smallest absolute Gasteiger partial charge is 0.338 e. The van der Waals surface area contributed by atoms with Gasteiger partial charge in [0, 0.05) is 22.5 Å². The molecule has 0 saturated heterocycles. The molecule has 1 aromatic heterocycles. The van der Waals surface area contributed by atoms with E-state index in [1.54, 1.807) is 54.2 Å². The van der Waals surface area contributed by atoms with Gasteiger partial charge in [-0.3, -0.25) is 4.68 Å². The number of anilines is 2. The summed E-state index contributed by atoms with van der Waals surface area (Å²) in [7, 11) is 0. The van der Waals surface area contributed by atoms with Gasteiger partial charge in [0.05, 0.1) is 23.2 Å². The number of halogens is 3. The number of hydrogen-bond donors (Lipinski definition) is 2. The van der Waals surface area contributed by atoms with Crippen molar-refractivity contribution in [3.63, 3.8) is 0 Å². The van der Waals surface area contributed by atoms with Gasteiger partial charge in [-0.2, -0.15) is 5.10 Å². The van der Waals surface area contributed by atoms with Gasteiger partial charge in [0.1, 0.15) is 5.82 Å². The monoisotopic (exact) mass is 510 g/mol. The van der Waals surface area contributed by atoms with Crippen LogP contribution in [0.25, 0.3) is 0 Å². The molecule has 1 heterocycles. The predicted octanol–water partition coefficient (Wildman–Crippen LogP) is 5.47. The van der Waals surface area contributed by atoms with Crippen LogP contribution in [0.1, 0.15) is 22.8 Å². The van der Waals surface area contributed by atoms with Crippen LogP contribution >= 0.6 is 39.7 Å². The summed E-state index contributed by atoms with van der Waals surface area (Å²) in [5.74, 6) is -0.315. The predicted molar refractivity (Wildman–Crippen MR) is 123 cm³/mol. The molecule has 0 aliphatic heterocycles. The molecule has 0 amide bonds. The Labute approximate surface area is 191 Å². The van der Waals surface area contributed by atoms with Crippen molar-refractivity contribution in [1.82, 2.24) is 9.78 Å². The number of ether oxygens (including phenoxy) is 1. The van der Waals surface area contributed by atoms with Crippen LogP contribution in [0.4, 0.5) is 15.9 Å². The lowest BCUT2D eigenvalue weighted by atomic mass is 10.2. The highest BCUT2D eigenvalue weighted by molar-refractivity contribution is 9.10. The quantitative estimate of drug-likeness (QED) is 0.338. The lowest BCUT2D eigenvalue weighted by Gasteiger charge is -2.10. The number of rotatable bonds is 6. The van der Waals surface area contributed by atoms with Gasteiger partial charge >= 0.3 is 5.97 Å². The highest BCUT2D eigenvalue weighted by Crippen LogP contribution is 2.24.